The van der Waals surface area contributed by atoms with Gasteiger partial charge < -0.3 is 10.2 Å². The Hall–Kier alpha value is -0.710. The average molecular weight is 295 g/mol. The maximum Gasteiger partial charge on any atom is 0.222 e. The fourth-order valence-corrected chi connectivity index (χ4v) is 5.00. The van der Waals surface area contributed by atoms with E-state index in [0.29, 0.717) is 12.0 Å². The van der Waals surface area contributed by atoms with Crippen molar-refractivity contribution in [3.63, 3.8) is 0 Å². The first-order valence-corrected chi connectivity index (χ1v) is 8.78. The highest BCUT2D eigenvalue weighted by atomic mass is 32.2. The molecule has 3 rings (SSSR count). The Morgan fingerprint density at radius 1 is 1.45 bits per heavy atom. The van der Waals surface area contributed by atoms with E-state index < -0.39 is 0 Å². The smallest absolute Gasteiger partial charge is 0.222 e. The van der Waals surface area contributed by atoms with E-state index in [0.717, 1.165) is 29.8 Å². The summed E-state index contributed by atoms with van der Waals surface area (Å²) in [6.45, 7) is 3.14. The molecule has 0 bridgehead atoms. The fraction of sp³-hybridized carbons (Fsp3) is 0.867. The van der Waals surface area contributed by atoms with E-state index in [-0.39, 0.29) is 11.9 Å². The first-order valence-electron chi connectivity index (χ1n) is 7.79. The summed E-state index contributed by atoms with van der Waals surface area (Å²) in [6, 6.07) is 0.281. The first kappa shape index (κ1) is 14.2. The van der Waals surface area contributed by atoms with E-state index >= 15 is 0 Å². The van der Waals surface area contributed by atoms with Gasteiger partial charge in [0.05, 0.1) is 6.04 Å². The summed E-state index contributed by atoms with van der Waals surface area (Å²) < 4.78 is 0. The van der Waals surface area contributed by atoms with E-state index in [2.05, 4.69) is 12.2 Å². The number of amidine groups is 1. The lowest BCUT2D eigenvalue weighted by Gasteiger charge is -2.36. The molecule has 2 aliphatic heterocycles. The van der Waals surface area contributed by atoms with Crippen molar-refractivity contribution in [2.24, 2.45) is 10.9 Å². The molecular weight excluding hydrogens is 270 g/mol. The standard InChI is InChI=1S/C15H25N3OS/c1-11-4-3-7-15(8-11)10-20-14(17-15)16-12-5-6-13(19)18(2)9-12/h11-12H,3-10H2,1-2H3,(H,16,17). The van der Waals surface area contributed by atoms with E-state index in [9.17, 15) is 4.79 Å². The Morgan fingerprint density at radius 3 is 3.05 bits per heavy atom. The highest BCUT2D eigenvalue weighted by Crippen LogP contribution is 2.38. The van der Waals surface area contributed by atoms with Crippen molar-refractivity contribution in [3.05, 3.63) is 0 Å². The predicted molar refractivity (Wildman–Crippen MR) is 84.1 cm³/mol. The van der Waals surface area contributed by atoms with E-state index in [1.165, 1.54) is 25.7 Å². The van der Waals surface area contributed by atoms with Gasteiger partial charge in [-0.05, 0) is 25.2 Å². The van der Waals surface area contributed by atoms with Crippen LogP contribution in [0.1, 0.15) is 45.4 Å². The number of likely N-dealkylation sites (tertiary alicyclic amines) is 1. The molecule has 2 saturated heterocycles. The van der Waals surface area contributed by atoms with Gasteiger partial charge in [0.2, 0.25) is 5.91 Å². The number of aliphatic imine (C=N–C) groups is 1. The molecule has 1 aliphatic carbocycles. The van der Waals surface area contributed by atoms with Gasteiger partial charge in [-0.15, -0.1) is 0 Å². The third kappa shape index (κ3) is 2.97. The minimum Gasteiger partial charge on any atom is -0.359 e. The molecule has 1 amide bonds. The molecule has 20 heavy (non-hydrogen) atoms. The van der Waals surface area contributed by atoms with Crippen molar-refractivity contribution in [1.82, 2.24) is 10.2 Å². The number of amides is 1. The van der Waals surface area contributed by atoms with Crippen LogP contribution in [0.2, 0.25) is 0 Å². The molecule has 3 fully saturated rings. The highest BCUT2D eigenvalue weighted by Gasteiger charge is 2.40. The van der Waals surface area contributed by atoms with Gasteiger partial charge in [-0.3, -0.25) is 9.79 Å². The van der Waals surface area contributed by atoms with Crippen LogP contribution in [0, 0.1) is 5.92 Å². The SMILES string of the molecule is CC1CCCC2(CSC(=NC3CCC(=O)N(C)C3)N2)C1. The summed E-state index contributed by atoms with van der Waals surface area (Å²) >= 11 is 1.88. The molecule has 1 saturated carbocycles. The third-order valence-corrected chi connectivity index (χ3v) is 6.03. The average Bonchev–Trinajstić information content (AvgIpc) is 2.76. The molecule has 112 valence electrons. The molecule has 1 spiro atoms. The third-order valence-electron chi connectivity index (χ3n) is 4.85. The summed E-state index contributed by atoms with van der Waals surface area (Å²) in [4.78, 5) is 18.2. The Labute approximate surface area is 125 Å². The number of piperidine rings is 1. The number of rotatable bonds is 1. The highest BCUT2D eigenvalue weighted by molar-refractivity contribution is 8.14. The van der Waals surface area contributed by atoms with Crippen molar-refractivity contribution < 1.29 is 4.79 Å². The second-order valence-corrected chi connectivity index (χ2v) is 7.76. The maximum atomic E-state index is 11.5. The molecule has 0 aromatic carbocycles. The van der Waals surface area contributed by atoms with Crippen molar-refractivity contribution in [3.8, 4) is 0 Å². The van der Waals surface area contributed by atoms with Crippen molar-refractivity contribution in [2.45, 2.75) is 57.0 Å². The topological polar surface area (TPSA) is 44.7 Å². The number of thioether (sulfide) groups is 1. The van der Waals surface area contributed by atoms with Gasteiger partial charge in [0, 0.05) is 31.3 Å². The molecule has 3 atom stereocenters. The van der Waals surface area contributed by atoms with E-state index in [1.54, 1.807) is 0 Å². The quantitative estimate of drug-likeness (QED) is 0.807. The molecule has 4 nitrogen and oxygen atoms in total. The number of hydrogen-bond acceptors (Lipinski definition) is 3. The molecule has 0 radical (unpaired) electrons. The van der Waals surface area contributed by atoms with Crippen molar-refractivity contribution in [2.75, 3.05) is 19.3 Å². The molecular formula is C15H25N3OS. The molecule has 3 unspecified atom stereocenters. The van der Waals surface area contributed by atoms with E-state index in [4.69, 9.17) is 4.99 Å². The van der Waals surface area contributed by atoms with Crippen LogP contribution < -0.4 is 5.32 Å². The van der Waals surface area contributed by atoms with Gasteiger partial charge in [0.25, 0.3) is 0 Å². The summed E-state index contributed by atoms with van der Waals surface area (Å²) in [5, 5.41) is 4.84. The molecule has 3 aliphatic rings. The largest absolute Gasteiger partial charge is 0.359 e. The lowest BCUT2D eigenvalue weighted by atomic mass is 9.78. The van der Waals surface area contributed by atoms with Crippen LogP contribution in [0.25, 0.3) is 0 Å². The Morgan fingerprint density at radius 2 is 2.30 bits per heavy atom. The summed E-state index contributed by atoms with van der Waals surface area (Å²) in [7, 11) is 1.88. The zero-order chi connectivity index (χ0) is 14.2. The summed E-state index contributed by atoms with van der Waals surface area (Å²) in [5.74, 6) is 2.25. The monoisotopic (exact) mass is 295 g/mol. The first-order chi connectivity index (χ1) is 9.56. The minimum absolute atomic E-state index is 0.256. The van der Waals surface area contributed by atoms with Gasteiger partial charge in [0.1, 0.15) is 0 Å². The lowest BCUT2D eigenvalue weighted by Crippen LogP contribution is -2.47. The molecule has 0 aromatic heterocycles. The number of likely N-dealkylation sites (N-methyl/N-ethyl adjacent to an activating group) is 1. The van der Waals surface area contributed by atoms with Crippen LogP contribution in [0.3, 0.4) is 0 Å². The van der Waals surface area contributed by atoms with Crippen molar-refractivity contribution >= 4 is 22.8 Å². The predicted octanol–water partition coefficient (Wildman–Crippen LogP) is 2.25. The minimum atomic E-state index is 0.256. The molecule has 5 heteroatoms. The summed E-state index contributed by atoms with van der Waals surface area (Å²) in [5.41, 5.74) is 0.303. The zero-order valence-electron chi connectivity index (χ0n) is 12.5. The van der Waals surface area contributed by atoms with Crippen LogP contribution in [-0.2, 0) is 4.79 Å². The second kappa shape index (κ2) is 5.58. The Bertz CT molecular complexity index is 425. The number of carbonyl (C=O) groups excluding carboxylic acids is 1. The van der Waals surface area contributed by atoms with Gasteiger partial charge in [-0.1, -0.05) is 31.5 Å². The normalized spacial score (nSPS) is 40.4. The van der Waals surface area contributed by atoms with Crippen LogP contribution in [-0.4, -0.2) is 46.9 Å². The molecule has 1 N–H and O–H groups in total. The van der Waals surface area contributed by atoms with Crippen molar-refractivity contribution in [1.29, 1.82) is 0 Å². The van der Waals surface area contributed by atoms with Crippen LogP contribution in [0.15, 0.2) is 4.99 Å². The Balaban J connectivity index is 1.62. The number of nitrogens with one attached hydrogen (secondary N) is 1. The van der Waals surface area contributed by atoms with Gasteiger partial charge in [-0.25, -0.2) is 0 Å². The maximum absolute atomic E-state index is 11.5. The molecule has 2 heterocycles. The van der Waals surface area contributed by atoms with Crippen LogP contribution in [0.4, 0.5) is 0 Å². The number of carbonyl (C=O) groups is 1. The van der Waals surface area contributed by atoms with E-state index in [1.807, 2.05) is 23.7 Å². The second-order valence-electron chi connectivity index (χ2n) is 6.80. The fourth-order valence-electron chi connectivity index (χ4n) is 3.74. The number of nitrogens with zero attached hydrogens (tertiary/aromatic N) is 2. The molecule has 0 aromatic rings. The van der Waals surface area contributed by atoms with Gasteiger partial charge >= 0.3 is 0 Å². The summed E-state index contributed by atoms with van der Waals surface area (Å²) in [6.07, 6.45) is 6.82. The van der Waals surface area contributed by atoms with Gasteiger partial charge in [-0.2, -0.15) is 0 Å². The zero-order valence-corrected chi connectivity index (χ0v) is 13.3. The van der Waals surface area contributed by atoms with Gasteiger partial charge in [0.15, 0.2) is 5.17 Å². The lowest BCUT2D eigenvalue weighted by molar-refractivity contribution is -0.132. The Kier molecular flexibility index (Phi) is 3.98. The number of hydrogen-bond donors (Lipinski definition) is 1. The van der Waals surface area contributed by atoms with Crippen LogP contribution in [0.5, 0.6) is 0 Å². The van der Waals surface area contributed by atoms with Crippen LogP contribution >= 0.6 is 11.8 Å².